The molecule has 1 N–H and O–H groups in total. The van der Waals surface area contributed by atoms with Gasteiger partial charge in [-0.1, -0.05) is 6.92 Å². The number of piperazine rings is 1. The highest BCUT2D eigenvalue weighted by atomic mass is 32.1. The van der Waals surface area contributed by atoms with Crippen molar-refractivity contribution in [3.05, 3.63) is 16.1 Å². The average molecular weight is 295 g/mol. The van der Waals surface area contributed by atoms with Gasteiger partial charge in [0.1, 0.15) is 16.6 Å². The van der Waals surface area contributed by atoms with Gasteiger partial charge in [-0.05, 0) is 34.1 Å². The maximum absolute atomic E-state index is 12.7. The number of thiazole rings is 1. The molecule has 0 aromatic carbocycles. The Morgan fingerprint density at radius 1 is 1.55 bits per heavy atom. The van der Waals surface area contributed by atoms with Crippen LogP contribution in [0.15, 0.2) is 6.20 Å². The maximum Gasteiger partial charge on any atom is 0.249 e. The number of carbonyl (C=O) groups is 2. The van der Waals surface area contributed by atoms with Crippen molar-refractivity contribution in [2.75, 3.05) is 0 Å². The minimum atomic E-state index is -0.815. The number of hydrogen-bond acceptors (Lipinski definition) is 4. The molecule has 1 fully saturated rings. The molecule has 1 aliphatic heterocycles. The van der Waals surface area contributed by atoms with E-state index in [2.05, 4.69) is 10.3 Å². The van der Waals surface area contributed by atoms with Crippen molar-refractivity contribution in [2.45, 2.75) is 58.7 Å². The molecule has 1 aromatic heterocycles. The Hall–Kier alpha value is -1.43. The number of nitrogens with zero attached hydrogens (tertiary/aromatic N) is 2. The number of amides is 2. The van der Waals surface area contributed by atoms with Crippen LogP contribution in [0.5, 0.6) is 0 Å². The van der Waals surface area contributed by atoms with Gasteiger partial charge in [-0.25, -0.2) is 4.98 Å². The van der Waals surface area contributed by atoms with Crippen molar-refractivity contribution in [1.82, 2.24) is 15.2 Å². The number of nitrogens with one attached hydrogen (secondary N) is 1. The lowest BCUT2D eigenvalue weighted by Crippen LogP contribution is -2.68. The minimum absolute atomic E-state index is 0.0348. The molecule has 2 heterocycles. The summed E-state index contributed by atoms with van der Waals surface area (Å²) in [6.45, 7) is 9.37. The molecule has 110 valence electrons. The molecule has 2 amide bonds. The van der Waals surface area contributed by atoms with Gasteiger partial charge in [0.25, 0.3) is 0 Å². The van der Waals surface area contributed by atoms with E-state index in [0.29, 0.717) is 6.42 Å². The topological polar surface area (TPSA) is 62.3 Å². The molecule has 0 aliphatic carbocycles. The van der Waals surface area contributed by atoms with Gasteiger partial charge in [0.05, 0.1) is 6.04 Å². The first-order chi connectivity index (χ1) is 9.30. The normalized spacial score (nSPS) is 28.4. The van der Waals surface area contributed by atoms with E-state index < -0.39 is 11.6 Å². The molecule has 5 nitrogen and oxygen atoms in total. The maximum atomic E-state index is 12.7. The molecular weight excluding hydrogens is 274 g/mol. The molecule has 1 aliphatic rings. The highest BCUT2D eigenvalue weighted by molar-refractivity contribution is 7.11. The average Bonchev–Trinajstić information content (AvgIpc) is 2.83. The Morgan fingerprint density at radius 2 is 2.20 bits per heavy atom. The zero-order valence-electron chi connectivity index (χ0n) is 12.6. The highest BCUT2D eigenvalue weighted by Gasteiger charge is 2.47. The van der Waals surface area contributed by atoms with Gasteiger partial charge in [0.15, 0.2) is 0 Å². The van der Waals surface area contributed by atoms with E-state index in [1.807, 2.05) is 20.8 Å². The second-order valence-corrected chi connectivity index (χ2v) is 6.81. The molecule has 1 saturated heterocycles. The smallest absolute Gasteiger partial charge is 0.249 e. The van der Waals surface area contributed by atoms with E-state index in [0.717, 1.165) is 9.88 Å². The Labute approximate surface area is 123 Å². The summed E-state index contributed by atoms with van der Waals surface area (Å²) in [5.74, 6) is -0.137. The first-order valence-corrected chi connectivity index (χ1v) is 7.69. The van der Waals surface area contributed by atoms with Gasteiger partial charge in [-0.2, -0.15) is 0 Å². The summed E-state index contributed by atoms with van der Waals surface area (Å²) in [6, 6.07) is -0.658. The van der Waals surface area contributed by atoms with Crippen molar-refractivity contribution >= 4 is 23.2 Å². The summed E-state index contributed by atoms with van der Waals surface area (Å²) in [4.78, 5) is 32.0. The van der Waals surface area contributed by atoms with Gasteiger partial charge < -0.3 is 10.2 Å². The molecule has 6 heteroatoms. The van der Waals surface area contributed by atoms with Crippen LogP contribution in [-0.2, 0) is 9.59 Å². The Bertz CT molecular complexity index is 542. The third kappa shape index (κ3) is 2.32. The number of aryl methyl sites for hydroxylation is 1. The van der Waals surface area contributed by atoms with Gasteiger partial charge in [-0.15, -0.1) is 11.3 Å². The van der Waals surface area contributed by atoms with E-state index in [1.54, 1.807) is 36.3 Å². The standard InChI is InChI=1S/C14H21N3O2S/c1-6-14(5)13(19)17(9(3)11(18)16-14)10(4)12-15-7-8(2)20-12/h7,9-10H,6H2,1-5H3,(H,16,18). The lowest BCUT2D eigenvalue weighted by Gasteiger charge is -2.45. The van der Waals surface area contributed by atoms with Crippen LogP contribution in [0.25, 0.3) is 0 Å². The van der Waals surface area contributed by atoms with E-state index in [4.69, 9.17) is 0 Å². The van der Waals surface area contributed by atoms with Gasteiger partial charge in [0, 0.05) is 11.1 Å². The van der Waals surface area contributed by atoms with Crippen LogP contribution in [0.4, 0.5) is 0 Å². The van der Waals surface area contributed by atoms with Crippen LogP contribution < -0.4 is 5.32 Å². The molecule has 0 radical (unpaired) electrons. The quantitative estimate of drug-likeness (QED) is 0.928. The zero-order valence-corrected chi connectivity index (χ0v) is 13.4. The molecule has 0 saturated carbocycles. The summed E-state index contributed by atoms with van der Waals surface area (Å²) >= 11 is 1.57. The van der Waals surface area contributed by atoms with Crippen molar-refractivity contribution in [3.63, 3.8) is 0 Å². The summed E-state index contributed by atoms with van der Waals surface area (Å²) in [5, 5.41) is 3.71. The summed E-state index contributed by atoms with van der Waals surface area (Å²) in [7, 11) is 0. The van der Waals surface area contributed by atoms with Crippen LogP contribution in [0.2, 0.25) is 0 Å². The van der Waals surface area contributed by atoms with E-state index in [-0.39, 0.29) is 17.9 Å². The second kappa shape index (κ2) is 5.16. The Morgan fingerprint density at radius 3 is 2.70 bits per heavy atom. The third-order valence-corrected chi connectivity index (χ3v) is 5.11. The van der Waals surface area contributed by atoms with Crippen LogP contribution in [0.1, 0.15) is 50.0 Å². The fourth-order valence-electron chi connectivity index (χ4n) is 2.45. The number of aromatic nitrogens is 1. The first kappa shape index (κ1) is 15.0. The predicted octanol–water partition coefficient (Wildman–Crippen LogP) is 2.03. The van der Waals surface area contributed by atoms with Crippen molar-refractivity contribution in [2.24, 2.45) is 0 Å². The number of rotatable bonds is 3. The molecule has 20 heavy (non-hydrogen) atoms. The van der Waals surface area contributed by atoms with E-state index in [1.165, 1.54) is 0 Å². The third-order valence-electron chi connectivity index (χ3n) is 4.02. The highest BCUT2D eigenvalue weighted by Crippen LogP contribution is 2.31. The number of hydrogen-bond donors (Lipinski definition) is 1. The SMILES string of the molecule is CCC1(C)NC(=O)C(C)N(C(C)c2ncc(C)s2)C1=O. The van der Waals surface area contributed by atoms with Crippen molar-refractivity contribution in [3.8, 4) is 0 Å². The minimum Gasteiger partial charge on any atom is -0.340 e. The molecule has 2 rings (SSSR count). The van der Waals surface area contributed by atoms with Gasteiger partial charge in [-0.3, -0.25) is 9.59 Å². The van der Waals surface area contributed by atoms with Gasteiger partial charge >= 0.3 is 0 Å². The Balaban J connectivity index is 2.36. The molecule has 0 spiro atoms. The van der Waals surface area contributed by atoms with Crippen molar-refractivity contribution < 1.29 is 9.59 Å². The lowest BCUT2D eigenvalue weighted by molar-refractivity contribution is -0.156. The predicted molar refractivity (Wildman–Crippen MR) is 78.4 cm³/mol. The number of carbonyl (C=O) groups excluding carboxylic acids is 2. The van der Waals surface area contributed by atoms with Crippen LogP contribution in [0, 0.1) is 6.92 Å². The monoisotopic (exact) mass is 295 g/mol. The van der Waals surface area contributed by atoms with Crippen LogP contribution in [-0.4, -0.2) is 33.3 Å². The molecular formula is C14H21N3O2S. The first-order valence-electron chi connectivity index (χ1n) is 6.87. The summed E-state index contributed by atoms with van der Waals surface area (Å²) < 4.78 is 0. The molecule has 1 aromatic rings. The van der Waals surface area contributed by atoms with Crippen molar-refractivity contribution in [1.29, 1.82) is 0 Å². The summed E-state index contributed by atoms with van der Waals surface area (Å²) in [6.07, 6.45) is 2.37. The molecule has 3 atom stereocenters. The second-order valence-electron chi connectivity index (χ2n) is 5.55. The van der Waals surface area contributed by atoms with Gasteiger partial charge in [0.2, 0.25) is 11.8 Å². The summed E-state index contributed by atoms with van der Waals surface area (Å²) in [5.41, 5.74) is -0.815. The largest absolute Gasteiger partial charge is 0.340 e. The fourth-order valence-corrected chi connectivity index (χ4v) is 3.28. The Kier molecular flexibility index (Phi) is 3.86. The molecule has 3 unspecified atom stereocenters. The van der Waals surface area contributed by atoms with E-state index in [9.17, 15) is 9.59 Å². The van der Waals surface area contributed by atoms with E-state index >= 15 is 0 Å². The molecule has 0 bridgehead atoms. The van der Waals surface area contributed by atoms with Crippen LogP contribution in [0.3, 0.4) is 0 Å². The fraction of sp³-hybridized carbons (Fsp3) is 0.643. The van der Waals surface area contributed by atoms with Crippen LogP contribution >= 0.6 is 11.3 Å². The zero-order chi connectivity index (χ0) is 15.1. The lowest BCUT2D eigenvalue weighted by atomic mass is 9.91.